The van der Waals surface area contributed by atoms with Crippen LogP contribution >= 0.6 is 0 Å². The number of carbonyl (C=O) groups excluding carboxylic acids is 1. The Morgan fingerprint density at radius 2 is 2.11 bits per heavy atom. The molecule has 18 heavy (non-hydrogen) atoms. The molecule has 0 amide bonds. The molecule has 2 N–H and O–H groups in total. The van der Waals surface area contributed by atoms with Crippen molar-refractivity contribution in [1.29, 1.82) is 0 Å². The quantitative estimate of drug-likeness (QED) is 0.369. The second-order valence-corrected chi connectivity index (χ2v) is 3.89. The predicted molar refractivity (Wildman–Crippen MR) is 70.0 cm³/mol. The minimum Gasteiger partial charge on any atom is -0.512 e. The Labute approximate surface area is 105 Å². The number of ketones is 1. The van der Waals surface area contributed by atoms with Gasteiger partial charge >= 0.3 is 0 Å². The Morgan fingerprint density at radius 1 is 1.44 bits per heavy atom. The number of aryl methyl sites for hydroxylation is 1. The maximum Gasteiger partial charge on any atom is 0.164 e. The zero-order chi connectivity index (χ0) is 13.7. The summed E-state index contributed by atoms with van der Waals surface area (Å²) in [5, 5.41) is 23.7. The number of H-pyrrole nitrogens is 1. The van der Waals surface area contributed by atoms with E-state index >= 15 is 0 Å². The highest BCUT2D eigenvalue weighted by molar-refractivity contribution is 6.12. The maximum atomic E-state index is 11.2. The molecule has 0 unspecified atom stereocenters. The SMILES string of the molecule is CC(=O)C(C=NN=C(C)c1cn[nH]c1C)=C(C)O. The summed E-state index contributed by atoms with van der Waals surface area (Å²) in [6.07, 6.45) is 2.90. The Balaban J connectivity index is 2.90. The van der Waals surface area contributed by atoms with Crippen LogP contribution in [0.25, 0.3) is 0 Å². The van der Waals surface area contributed by atoms with Crippen LogP contribution in [-0.2, 0) is 4.79 Å². The van der Waals surface area contributed by atoms with Crippen molar-refractivity contribution in [3.63, 3.8) is 0 Å². The zero-order valence-corrected chi connectivity index (χ0v) is 10.9. The van der Waals surface area contributed by atoms with Crippen molar-refractivity contribution in [1.82, 2.24) is 10.2 Å². The number of hydrogen-bond acceptors (Lipinski definition) is 5. The average molecular weight is 248 g/mol. The van der Waals surface area contributed by atoms with Gasteiger partial charge in [0.05, 0.1) is 23.7 Å². The highest BCUT2D eigenvalue weighted by Crippen LogP contribution is 2.05. The van der Waals surface area contributed by atoms with E-state index in [2.05, 4.69) is 20.4 Å². The summed E-state index contributed by atoms with van der Waals surface area (Å²) >= 11 is 0. The summed E-state index contributed by atoms with van der Waals surface area (Å²) < 4.78 is 0. The van der Waals surface area contributed by atoms with Crippen LogP contribution in [0.3, 0.4) is 0 Å². The molecule has 0 fully saturated rings. The summed E-state index contributed by atoms with van der Waals surface area (Å²) in [6, 6.07) is 0. The smallest absolute Gasteiger partial charge is 0.164 e. The van der Waals surface area contributed by atoms with Gasteiger partial charge in [-0.1, -0.05) is 0 Å². The number of aromatic nitrogens is 2. The first-order chi connectivity index (χ1) is 8.43. The van der Waals surface area contributed by atoms with E-state index in [-0.39, 0.29) is 17.1 Å². The molecule has 0 aromatic carbocycles. The van der Waals surface area contributed by atoms with Crippen molar-refractivity contribution < 1.29 is 9.90 Å². The van der Waals surface area contributed by atoms with Gasteiger partial charge in [-0.3, -0.25) is 9.89 Å². The van der Waals surface area contributed by atoms with Crippen LogP contribution in [0.4, 0.5) is 0 Å². The minimum absolute atomic E-state index is 0.0707. The monoisotopic (exact) mass is 248 g/mol. The number of hydrogen-bond donors (Lipinski definition) is 2. The number of nitrogens with one attached hydrogen (secondary N) is 1. The zero-order valence-electron chi connectivity index (χ0n) is 10.9. The second-order valence-electron chi connectivity index (χ2n) is 3.89. The van der Waals surface area contributed by atoms with Gasteiger partial charge < -0.3 is 5.11 Å². The van der Waals surface area contributed by atoms with Crippen LogP contribution in [0.5, 0.6) is 0 Å². The number of nitrogens with zero attached hydrogens (tertiary/aromatic N) is 3. The average Bonchev–Trinajstić information content (AvgIpc) is 2.69. The molecule has 1 aromatic rings. The standard InChI is InChI=1S/C12H16N4O2/c1-7-11(5-13-15-7)8(2)16-14-6-12(9(3)17)10(4)18/h5-6,17H,1-4H3,(H,13,15). The van der Waals surface area contributed by atoms with Gasteiger partial charge in [0.1, 0.15) is 5.76 Å². The van der Waals surface area contributed by atoms with Crippen molar-refractivity contribution in [2.24, 2.45) is 10.2 Å². The van der Waals surface area contributed by atoms with E-state index in [4.69, 9.17) is 0 Å². The normalized spacial score (nSPS) is 13.9. The third-order valence-corrected chi connectivity index (χ3v) is 2.38. The lowest BCUT2D eigenvalue weighted by atomic mass is 10.2. The van der Waals surface area contributed by atoms with Gasteiger partial charge in [-0.2, -0.15) is 15.3 Å². The predicted octanol–water partition coefficient (Wildman–Crippen LogP) is 1.93. The molecule has 0 aliphatic rings. The van der Waals surface area contributed by atoms with Crippen LogP contribution in [0.2, 0.25) is 0 Å². The number of aromatic amines is 1. The fraction of sp³-hybridized carbons (Fsp3) is 0.333. The van der Waals surface area contributed by atoms with E-state index in [1.165, 1.54) is 20.1 Å². The molecule has 1 rings (SSSR count). The molecule has 0 spiro atoms. The molecule has 0 atom stereocenters. The molecule has 0 saturated carbocycles. The summed E-state index contributed by atoms with van der Waals surface area (Å²) in [5.74, 6) is -0.329. The number of aliphatic hydroxyl groups is 1. The van der Waals surface area contributed by atoms with Crippen molar-refractivity contribution in [3.8, 4) is 0 Å². The Hall–Kier alpha value is -2.24. The van der Waals surface area contributed by atoms with Crippen LogP contribution in [0.1, 0.15) is 32.0 Å². The van der Waals surface area contributed by atoms with Crippen molar-refractivity contribution in [3.05, 3.63) is 28.8 Å². The van der Waals surface area contributed by atoms with E-state index in [9.17, 15) is 9.90 Å². The molecule has 6 nitrogen and oxygen atoms in total. The third-order valence-electron chi connectivity index (χ3n) is 2.38. The Morgan fingerprint density at radius 3 is 2.56 bits per heavy atom. The molecule has 0 saturated heterocycles. The van der Waals surface area contributed by atoms with Crippen LogP contribution in [0, 0.1) is 6.92 Å². The molecule has 1 aromatic heterocycles. The van der Waals surface area contributed by atoms with E-state index < -0.39 is 0 Å². The molecule has 0 bridgehead atoms. The van der Waals surface area contributed by atoms with Gasteiger partial charge in [0.15, 0.2) is 5.78 Å². The Kier molecular flexibility index (Phi) is 4.53. The molecule has 0 radical (unpaired) electrons. The molecule has 0 aliphatic heterocycles. The lowest BCUT2D eigenvalue weighted by Crippen LogP contribution is -2.01. The second kappa shape index (κ2) is 5.90. The first kappa shape index (κ1) is 13.8. The van der Waals surface area contributed by atoms with E-state index in [1.807, 2.05) is 6.92 Å². The summed E-state index contributed by atoms with van der Waals surface area (Å²) in [4.78, 5) is 11.2. The highest BCUT2D eigenvalue weighted by atomic mass is 16.3. The largest absolute Gasteiger partial charge is 0.512 e. The Bertz CT molecular complexity index is 534. The van der Waals surface area contributed by atoms with Gasteiger partial charge in [0.25, 0.3) is 0 Å². The lowest BCUT2D eigenvalue weighted by molar-refractivity contribution is -0.113. The van der Waals surface area contributed by atoms with E-state index in [0.29, 0.717) is 5.71 Å². The van der Waals surface area contributed by atoms with Crippen LogP contribution in [-0.4, -0.2) is 33.0 Å². The van der Waals surface area contributed by atoms with E-state index in [0.717, 1.165) is 11.3 Å². The minimum atomic E-state index is -0.258. The molecule has 6 heteroatoms. The molecule has 0 aliphatic carbocycles. The summed E-state index contributed by atoms with van der Waals surface area (Å²) in [6.45, 7) is 6.46. The van der Waals surface area contributed by atoms with Gasteiger partial charge in [0, 0.05) is 11.3 Å². The number of rotatable bonds is 4. The maximum absolute atomic E-state index is 11.2. The molecule has 96 valence electrons. The number of carbonyl (C=O) groups is 1. The molecular formula is C12H16N4O2. The summed E-state index contributed by atoms with van der Waals surface area (Å²) in [7, 11) is 0. The first-order valence-corrected chi connectivity index (χ1v) is 5.42. The molecule has 1 heterocycles. The highest BCUT2D eigenvalue weighted by Gasteiger charge is 2.05. The van der Waals surface area contributed by atoms with Crippen molar-refractivity contribution >= 4 is 17.7 Å². The fourth-order valence-electron chi connectivity index (χ4n) is 1.38. The van der Waals surface area contributed by atoms with Crippen molar-refractivity contribution in [2.45, 2.75) is 27.7 Å². The lowest BCUT2D eigenvalue weighted by Gasteiger charge is -1.97. The van der Waals surface area contributed by atoms with Crippen LogP contribution in [0.15, 0.2) is 27.7 Å². The van der Waals surface area contributed by atoms with Gasteiger partial charge in [0.2, 0.25) is 0 Å². The first-order valence-electron chi connectivity index (χ1n) is 5.42. The van der Waals surface area contributed by atoms with Gasteiger partial charge in [-0.15, -0.1) is 0 Å². The summed E-state index contributed by atoms with van der Waals surface area (Å²) in [5.41, 5.74) is 2.58. The topological polar surface area (TPSA) is 90.7 Å². The number of aliphatic hydroxyl groups excluding tert-OH is 1. The number of Topliss-reactive ketones (excluding diaryl/α,β-unsaturated/α-hetero) is 1. The number of allylic oxidation sites excluding steroid dienone is 2. The van der Waals surface area contributed by atoms with Gasteiger partial charge in [-0.05, 0) is 27.7 Å². The van der Waals surface area contributed by atoms with Crippen LogP contribution < -0.4 is 0 Å². The molecular weight excluding hydrogens is 232 g/mol. The fourth-order valence-corrected chi connectivity index (χ4v) is 1.38. The van der Waals surface area contributed by atoms with Crippen molar-refractivity contribution in [2.75, 3.05) is 0 Å². The van der Waals surface area contributed by atoms with Gasteiger partial charge in [-0.25, -0.2) is 0 Å². The van der Waals surface area contributed by atoms with E-state index in [1.54, 1.807) is 13.1 Å². The third kappa shape index (κ3) is 3.38.